The van der Waals surface area contributed by atoms with Gasteiger partial charge < -0.3 is 15.0 Å². The molecule has 0 radical (unpaired) electrons. The molecule has 1 unspecified atom stereocenters. The third kappa shape index (κ3) is 3.85. The molecule has 0 saturated carbocycles. The second kappa shape index (κ2) is 7.34. The highest BCUT2D eigenvalue weighted by Gasteiger charge is 2.18. The molecule has 5 heteroatoms. The van der Waals surface area contributed by atoms with E-state index in [0.29, 0.717) is 23.0 Å². The molecule has 2 aromatic rings. The number of piperidine rings is 1. The van der Waals surface area contributed by atoms with E-state index in [1.54, 1.807) is 19.4 Å². The zero-order valence-corrected chi connectivity index (χ0v) is 14.2. The highest BCUT2D eigenvalue weighted by atomic mass is 16.5. The number of nitrogens with one attached hydrogen (secondary N) is 1. The fourth-order valence-corrected chi connectivity index (χ4v) is 3.06. The first-order valence-corrected chi connectivity index (χ1v) is 8.32. The summed E-state index contributed by atoms with van der Waals surface area (Å²) in [7, 11) is 1.60. The van der Waals surface area contributed by atoms with E-state index in [0.717, 1.165) is 18.8 Å². The van der Waals surface area contributed by atoms with Crippen LogP contribution in [0.4, 0.5) is 11.4 Å². The predicted octanol–water partition coefficient (Wildman–Crippen LogP) is 3.58. The smallest absolute Gasteiger partial charge is 0.274 e. The minimum absolute atomic E-state index is 0.213. The summed E-state index contributed by atoms with van der Waals surface area (Å²) in [5.74, 6) is 1.17. The Morgan fingerprint density at radius 1 is 1.33 bits per heavy atom. The maximum atomic E-state index is 12.5. The Balaban J connectivity index is 1.74. The number of benzene rings is 1. The molecule has 1 amide bonds. The molecule has 1 aromatic carbocycles. The van der Waals surface area contributed by atoms with Gasteiger partial charge in [-0.15, -0.1) is 0 Å². The van der Waals surface area contributed by atoms with Crippen molar-refractivity contribution in [3.63, 3.8) is 0 Å². The van der Waals surface area contributed by atoms with Crippen molar-refractivity contribution >= 4 is 17.3 Å². The number of carbonyl (C=O) groups is 1. The third-order valence-electron chi connectivity index (χ3n) is 4.33. The van der Waals surface area contributed by atoms with Crippen LogP contribution >= 0.6 is 0 Å². The number of hydrogen-bond donors (Lipinski definition) is 1. The molecular weight excluding hydrogens is 302 g/mol. The lowest BCUT2D eigenvalue weighted by atomic mass is 10.00. The molecule has 24 heavy (non-hydrogen) atoms. The Morgan fingerprint density at radius 3 is 3.00 bits per heavy atom. The van der Waals surface area contributed by atoms with Gasteiger partial charge in [0.1, 0.15) is 11.4 Å². The quantitative estimate of drug-likeness (QED) is 0.933. The summed E-state index contributed by atoms with van der Waals surface area (Å²) in [6, 6.07) is 11.1. The molecule has 126 valence electrons. The summed E-state index contributed by atoms with van der Waals surface area (Å²) in [4.78, 5) is 19.0. The average molecular weight is 325 g/mol. The number of pyridine rings is 1. The summed E-state index contributed by atoms with van der Waals surface area (Å²) in [5.41, 5.74) is 2.18. The Labute approximate surface area is 142 Å². The Bertz CT molecular complexity index is 717. The fourth-order valence-electron chi connectivity index (χ4n) is 3.06. The molecule has 5 nitrogen and oxygen atoms in total. The zero-order valence-electron chi connectivity index (χ0n) is 14.2. The van der Waals surface area contributed by atoms with Crippen LogP contribution in [0.2, 0.25) is 0 Å². The lowest BCUT2D eigenvalue weighted by Crippen LogP contribution is -2.34. The molecule has 1 N–H and O–H groups in total. The molecule has 0 aliphatic carbocycles. The number of nitrogens with zero attached hydrogens (tertiary/aromatic N) is 2. The van der Waals surface area contributed by atoms with E-state index in [9.17, 15) is 4.79 Å². The minimum atomic E-state index is -0.213. The summed E-state index contributed by atoms with van der Waals surface area (Å²) < 4.78 is 5.18. The number of methoxy groups -OCH3 is 1. The minimum Gasteiger partial charge on any atom is -0.497 e. The maximum Gasteiger partial charge on any atom is 0.274 e. The van der Waals surface area contributed by atoms with Gasteiger partial charge in [-0.2, -0.15) is 0 Å². The molecule has 1 atom stereocenters. The summed E-state index contributed by atoms with van der Waals surface area (Å²) in [6.07, 6.45) is 4.16. The molecule has 1 saturated heterocycles. The third-order valence-corrected chi connectivity index (χ3v) is 4.33. The Kier molecular flexibility index (Phi) is 4.99. The predicted molar refractivity (Wildman–Crippen MR) is 95.8 cm³/mol. The van der Waals surface area contributed by atoms with Crippen LogP contribution in [0.1, 0.15) is 30.3 Å². The van der Waals surface area contributed by atoms with Gasteiger partial charge >= 0.3 is 0 Å². The van der Waals surface area contributed by atoms with Gasteiger partial charge in [-0.3, -0.25) is 9.78 Å². The van der Waals surface area contributed by atoms with Crippen LogP contribution in [-0.4, -0.2) is 31.1 Å². The van der Waals surface area contributed by atoms with Crippen LogP contribution in [0, 0.1) is 5.92 Å². The highest BCUT2D eigenvalue weighted by Crippen LogP contribution is 2.23. The number of aromatic nitrogens is 1. The first kappa shape index (κ1) is 16.3. The van der Waals surface area contributed by atoms with Crippen molar-refractivity contribution in [3.05, 3.63) is 48.3 Å². The maximum absolute atomic E-state index is 12.5. The summed E-state index contributed by atoms with van der Waals surface area (Å²) >= 11 is 0. The second-order valence-electron chi connectivity index (χ2n) is 6.28. The number of hydrogen-bond acceptors (Lipinski definition) is 4. The highest BCUT2D eigenvalue weighted by molar-refractivity contribution is 6.03. The van der Waals surface area contributed by atoms with Crippen LogP contribution in [0.3, 0.4) is 0 Å². The van der Waals surface area contributed by atoms with E-state index in [-0.39, 0.29) is 5.91 Å². The largest absolute Gasteiger partial charge is 0.497 e. The normalized spacial score (nSPS) is 17.4. The van der Waals surface area contributed by atoms with Gasteiger partial charge in [-0.1, -0.05) is 13.0 Å². The molecule has 1 aliphatic rings. The number of carbonyl (C=O) groups excluding carboxylic acids is 1. The lowest BCUT2D eigenvalue weighted by Gasteiger charge is -2.32. The van der Waals surface area contributed by atoms with Gasteiger partial charge in [0.2, 0.25) is 0 Å². The lowest BCUT2D eigenvalue weighted by molar-refractivity contribution is 0.102. The Morgan fingerprint density at radius 2 is 2.21 bits per heavy atom. The second-order valence-corrected chi connectivity index (χ2v) is 6.28. The van der Waals surface area contributed by atoms with Crippen molar-refractivity contribution in [2.75, 3.05) is 30.4 Å². The Hall–Kier alpha value is -2.56. The van der Waals surface area contributed by atoms with Crippen LogP contribution < -0.4 is 15.0 Å². The van der Waals surface area contributed by atoms with E-state index < -0.39 is 0 Å². The zero-order chi connectivity index (χ0) is 16.9. The summed E-state index contributed by atoms with van der Waals surface area (Å²) in [5, 5.41) is 2.87. The van der Waals surface area contributed by atoms with Crippen molar-refractivity contribution in [1.29, 1.82) is 0 Å². The van der Waals surface area contributed by atoms with Gasteiger partial charge in [-0.25, -0.2) is 0 Å². The fraction of sp³-hybridized carbons (Fsp3) is 0.368. The molecule has 2 heterocycles. The topological polar surface area (TPSA) is 54.5 Å². The first-order valence-electron chi connectivity index (χ1n) is 8.32. The van der Waals surface area contributed by atoms with Gasteiger partial charge in [-0.05, 0) is 43.0 Å². The van der Waals surface area contributed by atoms with Gasteiger partial charge in [0, 0.05) is 36.7 Å². The van der Waals surface area contributed by atoms with Gasteiger partial charge in [0.05, 0.1) is 7.11 Å². The van der Waals surface area contributed by atoms with Crippen molar-refractivity contribution < 1.29 is 9.53 Å². The number of ether oxygens (including phenoxy) is 1. The standard InChI is InChI=1S/C19H23N3O2/c1-14-5-4-10-22(13-14)16-8-9-20-18(12-16)19(23)21-15-6-3-7-17(11-15)24-2/h3,6-9,11-12,14H,4-5,10,13H2,1-2H3,(H,21,23). The van der Waals surface area contributed by atoms with Gasteiger partial charge in [0.15, 0.2) is 0 Å². The number of rotatable bonds is 4. The van der Waals surface area contributed by atoms with E-state index in [2.05, 4.69) is 22.1 Å². The molecule has 0 spiro atoms. The van der Waals surface area contributed by atoms with Crippen LogP contribution in [0.5, 0.6) is 5.75 Å². The molecule has 1 fully saturated rings. The van der Waals surface area contributed by atoms with Crippen molar-refractivity contribution in [3.8, 4) is 5.75 Å². The number of anilines is 2. The van der Waals surface area contributed by atoms with E-state index in [1.807, 2.05) is 30.3 Å². The van der Waals surface area contributed by atoms with Crippen molar-refractivity contribution in [1.82, 2.24) is 4.98 Å². The molecular formula is C19H23N3O2. The SMILES string of the molecule is COc1cccc(NC(=O)c2cc(N3CCCC(C)C3)ccn2)c1. The number of amides is 1. The van der Waals surface area contributed by atoms with E-state index in [1.165, 1.54) is 12.8 Å². The average Bonchev–Trinajstić information content (AvgIpc) is 2.62. The van der Waals surface area contributed by atoms with Crippen molar-refractivity contribution in [2.24, 2.45) is 5.92 Å². The van der Waals surface area contributed by atoms with Crippen LogP contribution in [-0.2, 0) is 0 Å². The molecule has 1 aliphatic heterocycles. The monoisotopic (exact) mass is 325 g/mol. The van der Waals surface area contributed by atoms with Gasteiger partial charge in [0.25, 0.3) is 5.91 Å². The molecule has 0 bridgehead atoms. The van der Waals surface area contributed by atoms with Crippen LogP contribution in [0.15, 0.2) is 42.6 Å². The van der Waals surface area contributed by atoms with E-state index >= 15 is 0 Å². The molecule has 1 aromatic heterocycles. The molecule has 3 rings (SSSR count). The van der Waals surface area contributed by atoms with E-state index in [4.69, 9.17) is 4.74 Å². The summed E-state index contributed by atoms with van der Waals surface area (Å²) in [6.45, 7) is 4.33. The van der Waals surface area contributed by atoms with Crippen molar-refractivity contribution in [2.45, 2.75) is 19.8 Å². The first-order chi connectivity index (χ1) is 11.7. The van der Waals surface area contributed by atoms with Crippen LogP contribution in [0.25, 0.3) is 0 Å².